The van der Waals surface area contributed by atoms with Gasteiger partial charge in [0.1, 0.15) is 0 Å². The van der Waals surface area contributed by atoms with Crippen molar-refractivity contribution >= 4 is 10.8 Å². The van der Waals surface area contributed by atoms with Crippen LogP contribution in [0, 0.1) is 0 Å². The molecular weight excluding hydrogens is 258 g/mol. The minimum absolute atomic E-state index is 0.463. The number of aromatic nitrogens is 2. The van der Waals surface area contributed by atoms with E-state index >= 15 is 0 Å². The zero-order valence-electron chi connectivity index (χ0n) is 12.4. The third kappa shape index (κ3) is 3.26. The van der Waals surface area contributed by atoms with Crippen LogP contribution in [0.1, 0.15) is 19.4 Å². The van der Waals surface area contributed by atoms with Crippen LogP contribution >= 0.6 is 0 Å². The molecule has 2 aromatic carbocycles. The summed E-state index contributed by atoms with van der Waals surface area (Å²) in [4.78, 5) is 8.97. The highest BCUT2D eigenvalue weighted by Crippen LogP contribution is 2.21. The van der Waals surface area contributed by atoms with E-state index in [2.05, 4.69) is 65.5 Å². The predicted molar refractivity (Wildman–Crippen MR) is 86.9 cm³/mol. The zero-order valence-corrected chi connectivity index (χ0v) is 12.4. The lowest BCUT2D eigenvalue weighted by Crippen LogP contribution is -2.21. The second kappa shape index (κ2) is 6.02. The molecule has 1 N–H and O–H groups in total. The summed E-state index contributed by atoms with van der Waals surface area (Å²) in [5.74, 6) is 0.772. The van der Waals surface area contributed by atoms with Crippen molar-refractivity contribution < 1.29 is 0 Å². The summed E-state index contributed by atoms with van der Waals surface area (Å²) in [5, 5.41) is 5.81. The number of hydrogen-bond acceptors (Lipinski definition) is 3. The standard InChI is InChI=1S/C18H19N3/c1-13(2)19-10-14-11-20-18(21-12-14)17-8-7-15-5-3-4-6-16(15)9-17/h3-9,11-13,19H,10H2,1-2H3. The number of nitrogens with one attached hydrogen (secondary N) is 1. The first-order valence-electron chi connectivity index (χ1n) is 7.26. The van der Waals surface area contributed by atoms with Gasteiger partial charge >= 0.3 is 0 Å². The fourth-order valence-electron chi connectivity index (χ4n) is 2.25. The van der Waals surface area contributed by atoms with E-state index < -0.39 is 0 Å². The number of fused-ring (bicyclic) bond motifs is 1. The molecule has 3 nitrogen and oxygen atoms in total. The Morgan fingerprint density at radius 2 is 1.67 bits per heavy atom. The van der Waals surface area contributed by atoms with Crippen molar-refractivity contribution in [3.8, 4) is 11.4 Å². The largest absolute Gasteiger partial charge is 0.310 e. The third-order valence-corrected chi connectivity index (χ3v) is 3.43. The molecule has 1 aromatic heterocycles. The smallest absolute Gasteiger partial charge is 0.159 e. The summed E-state index contributed by atoms with van der Waals surface area (Å²) in [6, 6.07) is 15.1. The molecule has 3 heteroatoms. The highest BCUT2D eigenvalue weighted by atomic mass is 14.9. The first kappa shape index (κ1) is 13.7. The number of nitrogens with zero attached hydrogens (tertiary/aromatic N) is 2. The monoisotopic (exact) mass is 277 g/mol. The van der Waals surface area contributed by atoms with Gasteiger partial charge in [0, 0.05) is 36.1 Å². The highest BCUT2D eigenvalue weighted by Gasteiger charge is 2.03. The van der Waals surface area contributed by atoms with E-state index in [0.29, 0.717) is 6.04 Å². The summed E-state index contributed by atoms with van der Waals surface area (Å²) in [6.07, 6.45) is 3.79. The maximum Gasteiger partial charge on any atom is 0.159 e. The fourth-order valence-corrected chi connectivity index (χ4v) is 2.25. The number of benzene rings is 2. The molecule has 0 unspecified atom stereocenters. The fraction of sp³-hybridized carbons (Fsp3) is 0.222. The summed E-state index contributed by atoms with van der Waals surface area (Å²) >= 11 is 0. The van der Waals surface area contributed by atoms with E-state index in [1.54, 1.807) is 0 Å². The maximum atomic E-state index is 4.48. The lowest BCUT2D eigenvalue weighted by atomic mass is 10.1. The van der Waals surface area contributed by atoms with E-state index in [9.17, 15) is 0 Å². The average molecular weight is 277 g/mol. The van der Waals surface area contributed by atoms with Crippen LogP contribution < -0.4 is 5.32 Å². The summed E-state index contributed by atoms with van der Waals surface area (Å²) in [6.45, 7) is 5.06. The van der Waals surface area contributed by atoms with E-state index in [0.717, 1.165) is 23.5 Å². The van der Waals surface area contributed by atoms with Crippen molar-refractivity contribution in [2.45, 2.75) is 26.4 Å². The Balaban J connectivity index is 1.85. The van der Waals surface area contributed by atoms with Gasteiger partial charge in [0.05, 0.1) is 0 Å². The van der Waals surface area contributed by atoms with Gasteiger partial charge in [-0.05, 0) is 16.8 Å². The maximum absolute atomic E-state index is 4.48. The Morgan fingerprint density at radius 1 is 0.952 bits per heavy atom. The van der Waals surface area contributed by atoms with Gasteiger partial charge < -0.3 is 5.32 Å². The van der Waals surface area contributed by atoms with Gasteiger partial charge in [0.15, 0.2) is 5.82 Å². The molecule has 0 bridgehead atoms. The second-order valence-electron chi connectivity index (χ2n) is 5.51. The van der Waals surface area contributed by atoms with Gasteiger partial charge in [-0.1, -0.05) is 50.2 Å². The Labute approximate surface area is 125 Å². The van der Waals surface area contributed by atoms with Crippen molar-refractivity contribution in [2.24, 2.45) is 0 Å². The topological polar surface area (TPSA) is 37.8 Å². The summed E-state index contributed by atoms with van der Waals surface area (Å²) < 4.78 is 0. The van der Waals surface area contributed by atoms with Crippen molar-refractivity contribution in [3.05, 3.63) is 60.4 Å². The quantitative estimate of drug-likeness (QED) is 0.788. The van der Waals surface area contributed by atoms with Crippen LogP contribution in [0.2, 0.25) is 0 Å². The summed E-state index contributed by atoms with van der Waals surface area (Å²) in [7, 11) is 0. The third-order valence-electron chi connectivity index (χ3n) is 3.43. The normalized spacial score (nSPS) is 11.2. The Morgan fingerprint density at radius 3 is 2.38 bits per heavy atom. The van der Waals surface area contributed by atoms with E-state index in [-0.39, 0.29) is 0 Å². The molecule has 0 spiro atoms. The van der Waals surface area contributed by atoms with Gasteiger partial charge in [-0.15, -0.1) is 0 Å². The average Bonchev–Trinajstić information content (AvgIpc) is 2.53. The molecule has 0 aliphatic carbocycles. The zero-order chi connectivity index (χ0) is 14.7. The molecule has 0 amide bonds. The molecule has 0 saturated carbocycles. The van der Waals surface area contributed by atoms with Crippen molar-refractivity contribution in [2.75, 3.05) is 0 Å². The lowest BCUT2D eigenvalue weighted by Gasteiger charge is -2.08. The van der Waals surface area contributed by atoms with Crippen LogP contribution in [0.4, 0.5) is 0 Å². The van der Waals surface area contributed by atoms with E-state index in [4.69, 9.17) is 0 Å². The highest BCUT2D eigenvalue weighted by molar-refractivity contribution is 5.86. The number of hydrogen-bond donors (Lipinski definition) is 1. The first-order valence-corrected chi connectivity index (χ1v) is 7.26. The van der Waals surface area contributed by atoms with Crippen LogP contribution in [0.3, 0.4) is 0 Å². The molecule has 0 radical (unpaired) electrons. The molecule has 21 heavy (non-hydrogen) atoms. The van der Waals surface area contributed by atoms with E-state index in [1.165, 1.54) is 10.8 Å². The first-order chi connectivity index (χ1) is 10.2. The van der Waals surface area contributed by atoms with Gasteiger partial charge in [-0.2, -0.15) is 0 Å². The molecule has 0 fully saturated rings. The van der Waals surface area contributed by atoms with Gasteiger partial charge in [-0.3, -0.25) is 0 Å². The molecule has 106 valence electrons. The Bertz CT molecular complexity index is 733. The Hall–Kier alpha value is -2.26. The molecule has 3 aromatic rings. The van der Waals surface area contributed by atoms with Crippen molar-refractivity contribution in [3.63, 3.8) is 0 Å². The van der Waals surface area contributed by atoms with Crippen LogP contribution in [0.5, 0.6) is 0 Å². The predicted octanol–water partition coefficient (Wildman–Crippen LogP) is 3.79. The van der Waals surface area contributed by atoms with Gasteiger partial charge in [0.25, 0.3) is 0 Å². The molecular formula is C18H19N3. The molecule has 0 aliphatic heterocycles. The van der Waals surface area contributed by atoms with Gasteiger partial charge in [0.2, 0.25) is 0 Å². The van der Waals surface area contributed by atoms with Crippen LogP contribution in [0.25, 0.3) is 22.2 Å². The SMILES string of the molecule is CC(C)NCc1cnc(-c2ccc3ccccc3c2)nc1. The minimum Gasteiger partial charge on any atom is -0.310 e. The second-order valence-corrected chi connectivity index (χ2v) is 5.51. The lowest BCUT2D eigenvalue weighted by molar-refractivity contribution is 0.587. The van der Waals surface area contributed by atoms with Crippen LogP contribution in [-0.4, -0.2) is 16.0 Å². The molecule has 1 heterocycles. The molecule has 0 atom stereocenters. The molecule has 0 saturated heterocycles. The minimum atomic E-state index is 0.463. The molecule has 3 rings (SSSR count). The molecule has 0 aliphatic rings. The van der Waals surface area contributed by atoms with Gasteiger partial charge in [-0.25, -0.2) is 9.97 Å². The van der Waals surface area contributed by atoms with Crippen LogP contribution in [0.15, 0.2) is 54.9 Å². The number of rotatable bonds is 4. The van der Waals surface area contributed by atoms with E-state index in [1.807, 2.05) is 18.5 Å². The van der Waals surface area contributed by atoms with Crippen molar-refractivity contribution in [1.29, 1.82) is 0 Å². The Kier molecular flexibility index (Phi) is 3.93. The van der Waals surface area contributed by atoms with Crippen LogP contribution in [-0.2, 0) is 6.54 Å². The summed E-state index contributed by atoms with van der Waals surface area (Å²) in [5.41, 5.74) is 2.16. The van der Waals surface area contributed by atoms with Crippen molar-refractivity contribution in [1.82, 2.24) is 15.3 Å².